The molecule has 0 spiro atoms. The number of carbonyl (C=O) groups is 3. The SMILES string of the molecule is COc1ccc(Cn2c3c(c4ccccc42)C[C@H]2C(=O)N(CCC(=O)OC(C)(C)C)C(=O)N2C3)cn1. The molecule has 0 radical (unpaired) electrons. The van der Waals surface area contributed by atoms with Gasteiger partial charge in [0, 0.05) is 48.4 Å². The van der Waals surface area contributed by atoms with Crippen molar-refractivity contribution in [3.05, 3.63) is 59.4 Å². The van der Waals surface area contributed by atoms with Crippen LogP contribution in [0.3, 0.4) is 0 Å². The summed E-state index contributed by atoms with van der Waals surface area (Å²) in [6.07, 6.45) is 2.20. The summed E-state index contributed by atoms with van der Waals surface area (Å²) in [6.45, 7) is 6.28. The minimum absolute atomic E-state index is 0.0159. The van der Waals surface area contributed by atoms with Crippen molar-refractivity contribution in [2.24, 2.45) is 0 Å². The molecule has 0 unspecified atom stereocenters. The zero-order valence-corrected chi connectivity index (χ0v) is 21.0. The molecule has 4 heterocycles. The number of carbonyl (C=O) groups excluding carboxylic acids is 3. The molecule has 3 amide bonds. The van der Waals surface area contributed by atoms with Crippen molar-refractivity contribution >= 4 is 28.8 Å². The maximum atomic E-state index is 13.3. The monoisotopic (exact) mass is 490 g/mol. The Balaban J connectivity index is 1.41. The molecule has 2 aliphatic rings. The fourth-order valence-corrected chi connectivity index (χ4v) is 5.05. The van der Waals surface area contributed by atoms with Gasteiger partial charge in [-0.15, -0.1) is 0 Å². The van der Waals surface area contributed by atoms with Crippen molar-refractivity contribution in [2.75, 3.05) is 13.7 Å². The van der Waals surface area contributed by atoms with Crippen LogP contribution in [0.5, 0.6) is 5.88 Å². The highest BCUT2D eigenvalue weighted by atomic mass is 16.6. The molecule has 1 fully saturated rings. The average Bonchev–Trinajstić information content (AvgIpc) is 3.27. The lowest BCUT2D eigenvalue weighted by Crippen LogP contribution is -2.40. The second-order valence-electron chi connectivity index (χ2n) is 10.2. The Labute approximate surface area is 209 Å². The van der Waals surface area contributed by atoms with E-state index in [4.69, 9.17) is 9.47 Å². The van der Waals surface area contributed by atoms with E-state index in [1.807, 2.05) is 24.3 Å². The molecule has 2 aliphatic heterocycles. The van der Waals surface area contributed by atoms with Crippen molar-refractivity contribution in [3.8, 4) is 5.88 Å². The number of rotatable bonds is 6. The molecule has 9 nitrogen and oxygen atoms in total. The first-order valence-electron chi connectivity index (χ1n) is 12.1. The minimum Gasteiger partial charge on any atom is -0.481 e. The number of benzene rings is 1. The summed E-state index contributed by atoms with van der Waals surface area (Å²) in [5, 5.41) is 1.08. The Kier molecular flexibility index (Phi) is 5.94. The lowest BCUT2D eigenvalue weighted by Gasteiger charge is -2.28. The maximum absolute atomic E-state index is 13.3. The number of fused-ring (bicyclic) bond motifs is 4. The molecule has 36 heavy (non-hydrogen) atoms. The summed E-state index contributed by atoms with van der Waals surface area (Å²) in [7, 11) is 1.58. The smallest absolute Gasteiger partial charge is 0.327 e. The molecule has 0 bridgehead atoms. The molecular formula is C27H30N4O5. The number of imide groups is 1. The molecule has 0 aliphatic carbocycles. The number of ether oxygens (including phenoxy) is 2. The third-order valence-corrected chi connectivity index (χ3v) is 6.62. The van der Waals surface area contributed by atoms with Crippen LogP contribution in [0.2, 0.25) is 0 Å². The highest BCUT2D eigenvalue weighted by Gasteiger charge is 2.48. The maximum Gasteiger partial charge on any atom is 0.327 e. The number of nitrogens with zero attached hydrogens (tertiary/aromatic N) is 4. The van der Waals surface area contributed by atoms with Gasteiger partial charge in [-0.2, -0.15) is 0 Å². The van der Waals surface area contributed by atoms with E-state index < -0.39 is 17.6 Å². The molecule has 188 valence electrons. The molecular weight excluding hydrogens is 460 g/mol. The summed E-state index contributed by atoms with van der Waals surface area (Å²) in [4.78, 5) is 45.8. The van der Waals surface area contributed by atoms with Crippen molar-refractivity contribution in [1.82, 2.24) is 19.4 Å². The summed E-state index contributed by atoms with van der Waals surface area (Å²) < 4.78 is 12.7. The topological polar surface area (TPSA) is 94.0 Å². The van der Waals surface area contributed by atoms with Crippen LogP contribution in [0.15, 0.2) is 42.6 Å². The number of amides is 3. The second kappa shape index (κ2) is 8.96. The zero-order chi connectivity index (χ0) is 25.6. The lowest BCUT2D eigenvalue weighted by atomic mass is 9.97. The standard InChI is InChI=1S/C27H30N4O5/c1-27(2,3)36-24(32)11-12-29-25(33)21-13-19-18-7-5-6-8-20(18)30(22(19)16-31(21)26(29)34)15-17-9-10-23(35-4)28-14-17/h5-10,14,21H,11-13,15-16H2,1-4H3/t21-/m0/s1. The van der Waals surface area contributed by atoms with Crippen LogP contribution in [0.1, 0.15) is 44.0 Å². The largest absolute Gasteiger partial charge is 0.481 e. The predicted molar refractivity (Wildman–Crippen MR) is 132 cm³/mol. The van der Waals surface area contributed by atoms with E-state index in [1.165, 1.54) is 4.90 Å². The van der Waals surface area contributed by atoms with E-state index in [0.717, 1.165) is 27.7 Å². The normalized spacial score (nSPS) is 17.4. The third kappa shape index (κ3) is 4.29. The molecule has 1 atom stereocenters. The lowest BCUT2D eigenvalue weighted by molar-refractivity contribution is -0.155. The Hall–Kier alpha value is -3.88. The molecule has 5 rings (SSSR count). The van der Waals surface area contributed by atoms with Gasteiger partial charge in [-0.25, -0.2) is 9.78 Å². The van der Waals surface area contributed by atoms with Crippen LogP contribution in [-0.4, -0.2) is 62.6 Å². The molecule has 1 saturated heterocycles. The predicted octanol–water partition coefficient (Wildman–Crippen LogP) is 3.51. The summed E-state index contributed by atoms with van der Waals surface area (Å²) in [5.74, 6) is -0.138. The van der Waals surface area contributed by atoms with Gasteiger partial charge in [0.2, 0.25) is 5.88 Å². The van der Waals surface area contributed by atoms with Crippen LogP contribution >= 0.6 is 0 Å². The highest BCUT2D eigenvalue weighted by molar-refractivity contribution is 6.05. The molecule has 0 saturated carbocycles. The van der Waals surface area contributed by atoms with Gasteiger partial charge in [-0.05, 0) is 38.0 Å². The van der Waals surface area contributed by atoms with Gasteiger partial charge in [-0.3, -0.25) is 14.5 Å². The average molecular weight is 491 g/mol. The highest BCUT2D eigenvalue weighted by Crippen LogP contribution is 2.37. The summed E-state index contributed by atoms with van der Waals surface area (Å²) in [6, 6.07) is 11.0. The Morgan fingerprint density at radius 2 is 1.92 bits per heavy atom. The van der Waals surface area contributed by atoms with Gasteiger partial charge >= 0.3 is 12.0 Å². The first-order chi connectivity index (χ1) is 17.2. The number of methoxy groups -OCH3 is 1. The Morgan fingerprint density at radius 3 is 2.61 bits per heavy atom. The number of hydrogen-bond donors (Lipinski definition) is 0. The molecule has 1 aromatic carbocycles. The summed E-state index contributed by atoms with van der Waals surface area (Å²) >= 11 is 0. The van der Waals surface area contributed by atoms with Crippen LogP contribution in [0.25, 0.3) is 10.9 Å². The number of aromatic nitrogens is 2. The Morgan fingerprint density at radius 1 is 1.14 bits per heavy atom. The number of urea groups is 1. The van der Waals surface area contributed by atoms with Gasteiger partial charge in [0.1, 0.15) is 11.6 Å². The number of hydrogen-bond acceptors (Lipinski definition) is 6. The molecule has 9 heteroatoms. The fourth-order valence-electron chi connectivity index (χ4n) is 5.05. The van der Waals surface area contributed by atoms with Gasteiger partial charge in [-0.1, -0.05) is 24.3 Å². The van der Waals surface area contributed by atoms with Crippen LogP contribution in [0, 0.1) is 0 Å². The van der Waals surface area contributed by atoms with Crippen molar-refractivity contribution in [1.29, 1.82) is 0 Å². The van der Waals surface area contributed by atoms with E-state index in [-0.39, 0.29) is 24.9 Å². The number of esters is 1. The van der Waals surface area contributed by atoms with Crippen molar-refractivity contribution < 1.29 is 23.9 Å². The zero-order valence-electron chi connectivity index (χ0n) is 21.0. The van der Waals surface area contributed by atoms with Crippen molar-refractivity contribution in [2.45, 2.75) is 58.3 Å². The number of pyridine rings is 1. The summed E-state index contributed by atoms with van der Waals surface area (Å²) in [5.41, 5.74) is 3.54. The van der Waals surface area contributed by atoms with E-state index in [9.17, 15) is 14.4 Å². The van der Waals surface area contributed by atoms with Crippen molar-refractivity contribution in [3.63, 3.8) is 0 Å². The quantitative estimate of drug-likeness (QED) is 0.388. The molecule has 2 aromatic heterocycles. The van der Waals surface area contributed by atoms with E-state index in [0.29, 0.717) is 25.4 Å². The third-order valence-electron chi connectivity index (χ3n) is 6.62. The van der Waals surface area contributed by atoms with Gasteiger partial charge in [0.25, 0.3) is 5.91 Å². The van der Waals surface area contributed by atoms with Gasteiger partial charge in [0.15, 0.2) is 0 Å². The van der Waals surface area contributed by atoms with E-state index >= 15 is 0 Å². The van der Waals surface area contributed by atoms with Gasteiger partial charge in [0.05, 0.1) is 20.1 Å². The van der Waals surface area contributed by atoms with Crippen LogP contribution in [0.4, 0.5) is 4.79 Å². The second-order valence-corrected chi connectivity index (χ2v) is 10.2. The fraction of sp³-hybridized carbons (Fsp3) is 0.407. The molecule has 3 aromatic rings. The molecule has 0 N–H and O–H groups in total. The minimum atomic E-state index is -0.616. The van der Waals surface area contributed by atoms with E-state index in [1.54, 1.807) is 39.0 Å². The van der Waals surface area contributed by atoms with Crippen LogP contribution in [-0.2, 0) is 33.8 Å². The van der Waals surface area contributed by atoms with Gasteiger partial charge < -0.3 is 18.9 Å². The number of para-hydroxylation sites is 1. The van der Waals surface area contributed by atoms with E-state index in [2.05, 4.69) is 21.7 Å². The Bertz CT molecular complexity index is 1340. The van der Waals surface area contributed by atoms with Crippen LogP contribution < -0.4 is 4.74 Å². The first-order valence-corrected chi connectivity index (χ1v) is 12.1. The first kappa shape index (κ1) is 23.8.